The second-order valence-electron chi connectivity index (χ2n) is 7.41. The van der Waals surface area contributed by atoms with Crippen LogP contribution in [0.2, 0.25) is 5.15 Å². The van der Waals surface area contributed by atoms with Gasteiger partial charge in [0.25, 0.3) is 0 Å². The highest BCUT2D eigenvalue weighted by atomic mass is 35.5. The number of hydrogen-bond acceptors (Lipinski definition) is 6. The molecular formula is C17H23ClN2O5S. The van der Waals surface area contributed by atoms with Gasteiger partial charge in [0.2, 0.25) is 0 Å². The molecule has 26 heavy (non-hydrogen) atoms. The minimum atomic E-state index is -3.06. The fourth-order valence-corrected chi connectivity index (χ4v) is 4.55. The molecule has 0 amide bonds. The van der Waals surface area contributed by atoms with Crippen LogP contribution < -0.4 is 0 Å². The van der Waals surface area contributed by atoms with Gasteiger partial charge < -0.3 is 4.74 Å². The molecule has 0 N–H and O–H groups in total. The molecule has 0 saturated carbocycles. The molecule has 1 aliphatic heterocycles. The summed E-state index contributed by atoms with van der Waals surface area (Å²) in [6.07, 6.45) is 3.11. The van der Waals surface area contributed by atoms with E-state index in [4.69, 9.17) is 16.3 Å². The number of sulfone groups is 1. The van der Waals surface area contributed by atoms with Crippen LogP contribution >= 0.6 is 11.6 Å². The van der Waals surface area contributed by atoms with Gasteiger partial charge in [0.15, 0.2) is 22.2 Å². The Morgan fingerprint density at radius 2 is 2.04 bits per heavy atom. The van der Waals surface area contributed by atoms with Crippen LogP contribution in [0, 0.1) is 12.3 Å². The van der Waals surface area contributed by atoms with Crippen molar-refractivity contribution in [3.05, 3.63) is 22.5 Å². The van der Waals surface area contributed by atoms with E-state index in [0.29, 0.717) is 17.7 Å². The Balaban J connectivity index is 2.07. The third kappa shape index (κ3) is 4.94. The summed E-state index contributed by atoms with van der Waals surface area (Å²) in [5, 5.41) is 4.58. The van der Waals surface area contributed by atoms with Crippen LogP contribution in [0.25, 0.3) is 6.08 Å². The number of carbonyl (C=O) groups is 2. The van der Waals surface area contributed by atoms with Crippen molar-refractivity contribution in [3.63, 3.8) is 0 Å². The van der Waals surface area contributed by atoms with Gasteiger partial charge in [0.1, 0.15) is 5.15 Å². The van der Waals surface area contributed by atoms with E-state index in [1.54, 1.807) is 27.7 Å². The van der Waals surface area contributed by atoms with Crippen LogP contribution in [-0.4, -0.2) is 48.1 Å². The zero-order valence-electron chi connectivity index (χ0n) is 15.3. The van der Waals surface area contributed by atoms with Crippen LogP contribution in [0.1, 0.15) is 44.5 Å². The number of rotatable bonds is 5. The van der Waals surface area contributed by atoms with E-state index in [0.717, 1.165) is 0 Å². The Bertz CT molecular complexity index is 849. The molecule has 0 aliphatic carbocycles. The third-order valence-electron chi connectivity index (χ3n) is 4.19. The molecule has 0 unspecified atom stereocenters. The zero-order chi connectivity index (χ0) is 19.7. The molecule has 1 aromatic rings. The van der Waals surface area contributed by atoms with Crippen LogP contribution in [0.5, 0.6) is 0 Å². The number of halogens is 1. The Morgan fingerprint density at radius 3 is 2.58 bits per heavy atom. The van der Waals surface area contributed by atoms with Crippen LogP contribution in [-0.2, 0) is 24.2 Å². The number of carbonyl (C=O) groups excluding carboxylic acids is 2. The lowest BCUT2D eigenvalue weighted by Gasteiger charge is -2.15. The van der Waals surface area contributed by atoms with Crippen molar-refractivity contribution in [3.8, 4) is 0 Å². The zero-order valence-corrected chi connectivity index (χ0v) is 16.9. The summed E-state index contributed by atoms with van der Waals surface area (Å²) >= 11 is 6.32. The smallest absolute Gasteiger partial charge is 0.331 e. The van der Waals surface area contributed by atoms with Crippen molar-refractivity contribution in [2.45, 2.75) is 40.2 Å². The van der Waals surface area contributed by atoms with Crippen molar-refractivity contribution in [1.82, 2.24) is 9.78 Å². The standard InChI is InChI=1S/C17H23ClN2O5S/c1-11-13(5-6-15(22)25-9-14(21)17(2,3)4)16(18)20(19-11)12-7-8-26(23,24)10-12/h5-6,12H,7-10H2,1-4H3/b6-5+/t12-/m0/s1. The van der Waals surface area contributed by atoms with E-state index in [2.05, 4.69) is 5.10 Å². The molecule has 0 spiro atoms. The first-order valence-electron chi connectivity index (χ1n) is 8.24. The van der Waals surface area contributed by atoms with E-state index in [1.807, 2.05) is 0 Å². The fourth-order valence-electron chi connectivity index (χ4n) is 2.48. The number of aryl methyl sites for hydroxylation is 1. The van der Waals surface area contributed by atoms with Crippen molar-refractivity contribution in [2.24, 2.45) is 5.41 Å². The minimum Gasteiger partial charge on any atom is -0.455 e. The molecule has 1 atom stereocenters. The van der Waals surface area contributed by atoms with Gasteiger partial charge in [-0.15, -0.1) is 0 Å². The number of Topliss-reactive ketones (excluding diaryl/α,β-unsaturated/α-hetero) is 1. The lowest BCUT2D eigenvalue weighted by Crippen LogP contribution is -2.25. The van der Waals surface area contributed by atoms with Crippen molar-refractivity contribution < 1.29 is 22.7 Å². The molecule has 9 heteroatoms. The summed E-state index contributed by atoms with van der Waals surface area (Å²) < 4.78 is 29.7. The topological polar surface area (TPSA) is 95.3 Å². The normalized spacial score (nSPS) is 19.8. The second-order valence-corrected chi connectivity index (χ2v) is 9.99. The lowest BCUT2D eigenvalue weighted by molar-refractivity contribution is -0.145. The predicted molar refractivity (Wildman–Crippen MR) is 98.7 cm³/mol. The van der Waals surface area contributed by atoms with Crippen LogP contribution in [0.3, 0.4) is 0 Å². The molecule has 1 aromatic heterocycles. The molecule has 144 valence electrons. The molecule has 2 heterocycles. The van der Waals surface area contributed by atoms with Gasteiger partial charge in [-0.1, -0.05) is 32.4 Å². The first kappa shape index (κ1) is 20.6. The number of ether oxygens (including phenoxy) is 1. The summed E-state index contributed by atoms with van der Waals surface area (Å²) in [5.74, 6) is -0.710. The maximum Gasteiger partial charge on any atom is 0.331 e. The van der Waals surface area contributed by atoms with E-state index < -0.39 is 21.2 Å². The van der Waals surface area contributed by atoms with Gasteiger partial charge in [-0.25, -0.2) is 17.9 Å². The molecule has 1 aliphatic rings. The molecular weight excluding hydrogens is 380 g/mol. The minimum absolute atomic E-state index is 0.00789. The fraction of sp³-hybridized carbons (Fsp3) is 0.588. The van der Waals surface area contributed by atoms with Gasteiger partial charge in [-0.2, -0.15) is 5.10 Å². The highest BCUT2D eigenvalue weighted by molar-refractivity contribution is 7.91. The molecule has 1 fully saturated rings. The lowest BCUT2D eigenvalue weighted by atomic mass is 9.91. The third-order valence-corrected chi connectivity index (χ3v) is 6.32. The molecule has 0 radical (unpaired) electrons. The summed E-state index contributed by atoms with van der Waals surface area (Å²) in [5.41, 5.74) is 0.524. The van der Waals surface area contributed by atoms with E-state index in [-0.39, 0.29) is 35.1 Å². The highest BCUT2D eigenvalue weighted by Gasteiger charge is 2.31. The van der Waals surface area contributed by atoms with E-state index >= 15 is 0 Å². The van der Waals surface area contributed by atoms with Crippen molar-refractivity contribution >= 4 is 39.3 Å². The van der Waals surface area contributed by atoms with Crippen LogP contribution in [0.15, 0.2) is 6.08 Å². The molecule has 1 saturated heterocycles. The Morgan fingerprint density at radius 1 is 1.38 bits per heavy atom. The first-order chi connectivity index (χ1) is 11.9. The van der Waals surface area contributed by atoms with Gasteiger partial charge >= 0.3 is 5.97 Å². The van der Waals surface area contributed by atoms with Gasteiger partial charge in [0.05, 0.1) is 23.2 Å². The quantitative estimate of drug-likeness (QED) is 0.554. The first-order valence-corrected chi connectivity index (χ1v) is 10.4. The second kappa shape index (κ2) is 7.52. The summed E-state index contributed by atoms with van der Waals surface area (Å²) in [7, 11) is -3.06. The molecule has 0 bridgehead atoms. The van der Waals surface area contributed by atoms with E-state index in [9.17, 15) is 18.0 Å². The van der Waals surface area contributed by atoms with Gasteiger partial charge in [-0.3, -0.25) is 4.79 Å². The van der Waals surface area contributed by atoms with Crippen LogP contribution in [0.4, 0.5) is 0 Å². The average Bonchev–Trinajstić information content (AvgIpc) is 3.01. The summed E-state index contributed by atoms with van der Waals surface area (Å²) in [4.78, 5) is 23.6. The highest BCUT2D eigenvalue weighted by Crippen LogP contribution is 2.30. The maximum atomic E-state index is 11.8. The number of esters is 1. The van der Waals surface area contributed by atoms with Crippen molar-refractivity contribution in [2.75, 3.05) is 18.1 Å². The SMILES string of the molecule is Cc1nn([C@H]2CCS(=O)(=O)C2)c(Cl)c1/C=C/C(=O)OCC(=O)C(C)(C)C. The Labute approximate surface area is 158 Å². The average molecular weight is 403 g/mol. The van der Waals surface area contributed by atoms with E-state index in [1.165, 1.54) is 16.8 Å². The monoisotopic (exact) mass is 402 g/mol. The Kier molecular flexibility index (Phi) is 5.97. The maximum absolute atomic E-state index is 11.8. The molecule has 7 nitrogen and oxygen atoms in total. The Hall–Kier alpha value is -1.67. The van der Waals surface area contributed by atoms with Crippen molar-refractivity contribution in [1.29, 1.82) is 0 Å². The number of aromatic nitrogens is 2. The number of nitrogens with zero attached hydrogens (tertiary/aromatic N) is 2. The number of hydrogen-bond donors (Lipinski definition) is 0. The van der Waals surface area contributed by atoms with Gasteiger partial charge in [0, 0.05) is 17.1 Å². The molecule has 0 aromatic carbocycles. The van der Waals surface area contributed by atoms with Gasteiger partial charge in [-0.05, 0) is 19.4 Å². The molecule has 2 rings (SSSR count). The summed E-state index contributed by atoms with van der Waals surface area (Å²) in [6.45, 7) is 6.68. The largest absolute Gasteiger partial charge is 0.455 e. The predicted octanol–water partition coefficient (Wildman–Crippen LogP) is 2.38. The summed E-state index contributed by atoms with van der Waals surface area (Å²) in [6, 6.07) is -0.301. The number of ketones is 1.